The lowest BCUT2D eigenvalue weighted by Gasteiger charge is -2.19. The normalized spacial score (nSPS) is 12.2. The first-order valence-corrected chi connectivity index (χ1v) is 6.62. The molecule has 1 aromatic heterocycles. The molecule has 3 aromatic rings. The minimum Gasteiger partial charge on any atom is -0.383 e. The van der Waals surface area contributed by atoms with E-state index in [0.29, 0.717) is 5.82 Å². The van der Waals surface area contributed by atoms with Gasteiger partial charge >= 0.3 is 0 Å². The third kappa shape index (κ3) is 1.93. The van der Waals surface area contributed by atoms with Gasteiger partial charge in [-0.15, -0.1) is 0 Å². The molecule has 0 amide bonds. The lowest BCUT2D eigenvalue weighted by molar-refractivity contribution is 0.591. The minimum absolute atomic E-state index is 0.117. The fourth-order valence-corrected chi connectivity index (χ4v) is 2.47. The minimum atomic E-state index is 0.117. The number of nitrogen functional groups attached to an aromatic ring is 2. The van der Waals surface area contributed by atoms with E-state index in [1.165, 1.54) is 5.56 Å². The molecule has 102 valence electrons. The molecule has 1 heterocycles. The molecular weight excluding hydrogens is 248 g/mol. The average Bonchev–Trinajstić information content (AvgIpc) is 2.36. The molecule has 0 aliphatic rings. The van der Waals surface area contributed by atoms with Gasteiger partial charge in [0.25, 0.3) is 0 Å². The third-order valence-corrected chi connectivity index (χ3v) is 3.59. The summed E-state index contributed by atoms with van der Waals surface area (Å²) in [7, 11) is 0. The van der Waals surface area contributed by atoms with E-state index in [0.717, 1.165) is 21.7 Å². The molecule has 0 bridgehead atoms. The summed E-state index contributed by atoms with van der Waals surface area (Å²) in [5.41, 5.74) is 13.9. The fraction of sp³-hybridized carbons (Fsp3) is 0.250. The number of nitrogens with two attached hydrogens (primary N) is 2. The Bertz CT molecular complexity index is 816. The molecule has 4 nitrogen and oxygen atoms in total. The zero-order chi connectivity index (χ0) is 14.5. The Morgan fingerprint density at radius 3 is 2.40 bits per heavy atom. The van der Waals surface area contributed by atoms with Gasteiger partial charge in [-0.1, -0.05) is 45.0 Å². The number of anilines is 2. The zero-order valence-corrected chi connectivity index (χ0v) is 11.9. The number of hydrogen-bond acceptors (Lipinski definition) is 4. The Hall–Kier alpha value is -2.36. The van der Waals surface area contributed by atoms with Gasteiger partial charge in [0.2, 0.25) is 5.95 Å². The molecule has 0 saturated carbocycles. The first-order chi connectivity index (χ1) is 9.36. The van der Waals surface area contributed by atoms with Crippen LogP contribution < -0.4 is 11.5 Å². The molecule has 0 atom stereocenters. The molecule has 2 aromatic carbocycles. The van der Waals surface area contributed by atoms with Crippen LogP contribution in [-0.4, -0.2) is 9.97 Å². The highest BCUT2D eigenvalue weighted by Crippen LogP contribution is 2.32. The second kappa shape index (κ2) is 4.07. The molecule has 0 aliphatic heterocycles. The van der Waals surface area contributed by atoms with E-state index in [1.807, 2.05) is 6.07 Å². The first kappa shape index (κ1) is 12.7. The maximum Gasteiger partial charge on any atom is 0.222 e. The van der Waals surface area contributed by atoms with Gasteiger partial charge in [0.15, 0.2) is 0 Å². The molecule has 0 radical (unpaired) electrons. The van der Waals surface area contributed by atoms with Crippen molar-refractivity contribution in [3.05, 3.63) is 35.9 Å². The summed E-state index contributed by atoms with van der Waals surface area (Å²) in [4.78, 5) is 8.31. The Labute approximate surface area is 117 Å². The lowest BCUT2D eigenvalue weighted by atomic mass is 9.85. The lowest BCUT2D eigenvalue weighted by Crippen LogP contribution is -2.10. The van der Waals surface area contributed by atoms with Gasteiger partial charge in [-0.3, -0.25) is 0 Å². The summed E-state index contributed by atoms with van der Waals surface area (Å²) in [5.74, 6) is 0.641. The van der Waals surface area contributed by atoms with Crippen molar-refractivity contribution in [3.8, 4) is 0 Å². The van der Waals surface area contributed by atoms with E-state index in [2.05, 4.69) is 55.0 Å². The number of rotatable bonds is 0. The van der Waals surface area contributed by atoms with Gasteiger partial charge in [0.1, 0.15) is 5.82 Å². The van der Waals surface area contributed by atoms with E-state index in [4.69, 9.17) is 11.5 Å². The topological polar surface area (TPSA) is 77.8 Å². The van der Waals surface area contributed by atoms with Gasteiger partial charge in [-0.25, -0.2) is 4.98 Å². The number of benzene rings is 2. The Morgan fingerprint density at radius 1 is 0.950 bits per heavy atom. The van der Waals surface area contributed by atoms with Crippen molar-refractivity contribution in [1.82, 2.24) is 9.97 Å². The number of hydrogen-bond donors (Lipinski definition) is 2. The van der Waals surface area contributed by atoms with Crippen LogP contribution in [0, 0.1) is 0 Å². The van der Waals surface area contributed by atoms with Gasteiger partial charge in [-0.2, -0.15) is 4.98 Å². The SMILES string of the molecule is CC(C)(C)c1ccc2c(ccc3nc(N)nc(N)c32)c1. The molecule has 4 heteroatoms. The smallest absolute Gasteiger partial charge is 0.222 e. The molecule has 0 unspecified atom stereocenters. The van der Waals surface area contributed by atoms with Crippen LogP contribution in [0.4, 0.5) is 11.8 Å². The van der Waals surface area contributed by atoms with Crippen molar-refractivity contribution in [2.45, 2.75) is 26.2 Å². The standard InChI is InChI=1S/C16H18N4/c1-16(2,3)10-5-6-11-9(8-10)4-7-12-13(11)14(17)20-15(18)19-12/h4-8H,1-3H3,(H4,17,18,19,20). The van der Waals surface area contributed by atoms with E-state index in [9.17, 15) is 0 Å². The molecular formula is C16H18N4. The van der Waals surface area contributed by atoms with Crippen LogP contribution in [-0.2, 0) is 5.41 Å². The largest absolute Gasteiger partial charge is 0.383 e. The Morgan fingerprint density at radius 2 is 1.70 bits per heavy atom. The van der Waals surface area contributed by atoms with Crippen LogP contribution >= 0.6 is 0 Å². The summed E-state index contributed by atoms with van der Waals surface area (Å²) in [6.45, 7) is 6.61. The first-order valence-electron chi connectivity index (χ1n) is 6.62. The molecule has 3 rings (SSSR count). The summed E-state index contributed by atoms with van der Waals surface area (Å²) >= 11 is 0. The second-order valence-corrected chi connectivity index (χ2v) is 6.11. The highest BCUT2D eigenvalue weighted by molar-refractivity contribution is 6.11. The second-order valence-electron chi connectivity index (χ2n) is 6.11. The summed E-state index contributed by atoms with van der Waals surface area (Å²) in [6, 6.07) is 10.4. The van der Waals surface area contributed by atoms with Crippen molar-refractivity contribution in [3.63, 3.8) is 0 Å². The average molecular weight is 266 g/mol. The summed E-state index contributed by atoms with van der Waals surface area (Å²) in [5, 5.41) is 3.08. The predicted octanol–water partition coefficient (Wildman–Crippen LogP) is 3.24. The zero-order valence-electron chi connectivity index (χ0n) is 11.9. The Kier molecular flexibility index (Phi) is 2.57. The van der Waals surface area contributed by atoms with E-state index in [1.54, 1.807) is 0 Å². The highest BCUT2D eigenvalue weighted by atomic mass is 15.0. The van der Waals surface area contributed by atoms with Crippen LogP contribution in [0.1, 0.15) is 26.3 Å². The predicted molar refractivity (Wildman–Crippen MR) is 84.6 cm³/mol. The molecule has 0 spiro atoms. The summed E-state index contributed by atoms with van der Waals surface area (Å²) in [6.07, 6.45) is 0. The molecule has 4 N–H and O–H groups in total. The van der Waals surface area contributed by atoms with E-state index >= 15 is 0 Å². The van der Waals surface area contributed by atoms with Crippen molar-refractivity contribution in [1.29, 1.82) is 0 Å². The summed E-state index contributed by atoms with van der Waals surface area (Å²) < 4.78 is 0. The number of nitrogens with zero attached hydrogens (tertiary/aromatic N) is 2. The Balaban J connectivity index is 2.38. The van der Waals surface area contributed by atoms with E-state index in [-0.39, 0.29) is 11.4 Å². The van der Waals surface area contributed by atoms with Crippen LogP contribution in [0.15, 0.2) is 30.3 Å². The molecule has 20 heavy (non-hydrogen) atoms. The van der Waals surface area contributed by atoms with Gasteiger partial charge in [0, 0.05) is 0 Å². The maximum atomic E-state index is 6.02. The highest BCUT2D eigenvalue weighted by Gasteiger charge is 2.15. The third-order valence-electron chi connectivity index (χ3n) is 3.59. The monoisotopic (exact) mass is 266 g/mol. The molecule has 0 fully saturated rings. The van der Waals surface area contributed by atoms with E-state index < -0.39 is 0 Å². The maximum absolute atomic E-state index is 6.02. The van der Waals surface area contributed by atoms with Gasteiger partial charge in [0.05, 0.1) is 10.9 Å². The van der Waals surface area contributed by atoms with Crippen LogP contribution in [0.2, 0.25) is 0 Å². The van der Waals surface area contributed by atoms with Crippen molar-refractivity contribution in [2.24, 2.45) is 0 Å². The quantitative estimate of drug-likeness (QED) is 0.612. The number of aromatic nitrogens is 2. The van der Waals surface area contributed by atoms with Gasteiger partial charge < -0.3 is 11.5 Å². The van der Waals surface area contributed by atoms with Gasteiger partial charge in [-0.05, 0) is 27.8 Å². The number of fused-ring (bicyclic) bond motifs is 3. The van der Waals surface area contributed by atoms with Crippen molar-refractivity contribution >= 4 is 33.4 Å². The van der Waals surface area contributed by atoms with Crippen molar-refractivity contribution < 1.29 is 0 Å². The molecule has 0 aliphatic carbocycles. The molecule has 0 saturated heterocycles. The van der Waals surface area contributed by atoms with Crippen LogP contribution in [0.25, 0.3) is 21.7 Å². The van der Waals surface area contributed by atoms with Crippen LogP contribution in [0.5, 0.6) is 0 Å². The van der Waals surface area contributed by atoms with Crippen molar-refractivity contribution in [2.75, 3.05) is 11.5 Å². The fourth-order valence-electron chi connectivity index (χ4n) is 2.47. The van der Waals surface area contributed by atoms with Crippen LogP contribution in [0.3, 0.4) is 0 Å².